The molecule has 0 saturated carbocycles. The van der Waals surface area contributed by atoms with E-state index in [0.29, 0.717) is 13.1 Å². The summed E-state index contributed by atoms with van der Waals surface area (Å²) in [7, 11) is 0. The third-order valence-electron chi connectivity index (χ3n) is 4.41. The van der Waals surface area contributed by atoms with E-state index in [1.54, 1.807) is 4.90 Å². The van der Waals surface area contributed by atoms with Crippen molar-refractivity contribution in [2.24, 2.45) is 0 Å². The molecule has 7 heteroatoms. The number of benzene rings is 1. The highest BCUT2D eigenvalue weighted by atomic mass is 35.5. The number of hydrogen-bond donors (Lipinski definition) is 3. The van der Waals surface area contributed by atoms with E-state index in [9.17, 15) is 9.59 Å². The van der Waals surface area contributed by atoms with Gasteiger partial charge in [-0.1, -0.05) is 0 Å². The van der Waals surface area contributed by atoms with Gasteiger partial charge in [0.25, 0.3) is 0 Å². The fraction of sp³-hybridized carbons (Fsp3) is 0.500. The Hall–Kier alpha value is -1.79. The summed E-state index contributed by atoms with van der Waals surface area (Å²) in [5.74, 6) is -0.00105. The Morgan fingerprint density at radius 2 is 1.96 bits per heavy atom. The summed E-state index contributed by atoms with van der Waals surface area (Å²) >= 11 is 0. The topological polar surface area (TPSA) is 73.5 Å². The molecular formula is C16H23ClN4O2. The fourth-order valence-corrected chi connectivity index (χ4v) is 2.96. The number of nitrogens with zero attached hydrogens (tertiary/aromatic N) is 1. The maximum absolute atomic E-state index is 12.4. The molecule has 3 rings (SSSR count). The number of carbonyl (C=O) groups is 2. The second-order valence-corrected chi connectivity index (χ2v) is 6.10. The molecule has 3 N–H and O–H groups in total. The molecule has 0 aromatic heterocycles. The van der Waals surface area contributed by atoms with Gasteiger partial charge in [-0.15, -0.1) is 12.4 Å². The van der Waals surface area contributed by atoms with Crippen LogP contribution in [0.25, 0.3) is 0 Å². The molecule has 0 radical (unpaired) electrons. The molecular weight excluding hydrogens is 316 g/mol. The maximum atomic E-state index is 12.4. The molecule has 3 amide bonds. The van der Waals surface area contributed by atoms with Crippen molar-refractivity contribution in [3.05, 3.63) is 24.3 Å². The number of hydrogen-bond acceptors (Lipinski definition) is 3. The zero-order valence-electron chi connectivity index (χ0n) is 13.2. The quantitative estimate of drug-likeness (QED) is 0.790. The number of halogens is 1. The molecule has 0 bridgehead atoms. The lowest BCUT2D eigenvalue weighted by Crippen LogP contribution is -2.54. The van der Waals surface area contributed by atoms with E-state index in [2.05, 4.69) is 16.0 Å². The second kappa shape index (κ2) is 7.19. The van der Waals surface area contributed by atoms with Gasteiger partial charge >= 0.3 is 6.03 Å². The first kappa shape index (κ1) is 17.6. The number of amides is 3. The van der Waals surface area contributed by atoms with Crippen molar-refractivity contribution in [1.82, 2.24) is 10.6 Å². The Bertz CT molecular complexity index is 570. The lowest BCUT2D eigenvalue weighted by molar-refractivity contribution is -0.122. The fourth-order valence-electron chi connectivity index (χ4n) is 2.96. The van der Waals surface area contributed by atoms with Gasteiger partial charge in [0.05, 0.1) is 5.54 Å². The van der Waals surface area contributed by atoms with Crippen LogP contribution in [0.5, 0.6) is 0 Å². The van der Waals surface area contributed by atoms with Crippen LogP contribution in [0.2, 0.25) is 0 Å². The van der Waals surface area contributed by atoms with Gasteiger partial charge in [-0.25, -0.2) is 4.79 Å². The van der Waals surface area contributed by atoms with Gasteiger partial charge in [0, 0.05) is 24.5 Å². The van der Waals surface area contributed by atoms with Crippen molar-refractivity contribution in [1.29, 1.82) is 0 Å². The standard InChI is InChI=1S/C16H22N4O2.ClH/c1-16(8-2-3-9-18-16)14(21)19-12-4-6-13(7-5-12)20-11-10-17-15(20)22;/h4-7,18H,2-3,8-11H2,1H3,(H,17,22)(H,19,21);1H. The minimum Gasteiger partial charge on any atom is -0.336 e. The average Bonchev–Trinajstić information content (AvgIpc) is 2.95. The zero-order chi connectivity index (χ0) is 15.6. The predicted octanol–water partition coefficient (Wildman–Crippen LogP) is 2.11. The maximum Gasteiger partial charge on any atom is 0.321 e. The Morgan fingerprint density at radius 1 is 1.22 bits per heavy atom. The second-order valence-electron chi connectivity index (χ2n) is 6.10. The van der Waals surface area contributed by atoms with E-state index in [1.807, 2.05) is 31.2 Å². The molecule has 2 fully saturated rings. The summed E-state index contributed by atoms with van der Waals surface area (Å²) in [5.41, 5.74) is 1.10. The third kappa shape index (κ3) is 3.76. The van der Waals surface area contributed by atoms with Crippen molar-refractivity contribution >= 4 is 35.7 Å². The van der Waals surface area contributed by atoms with Crippen molar-refractivity contribution in [3.8, 4) is 0 Å². The van der Waals surface area contributed by atoms with Crippen molar-refractivity contribution in [3.63, 3.8) is 0 Å². The molecule has 1 atom stereocenters. The van der Waals surface area contributed by atoms with E-state index in [0.717, 1.165) is 37.2 Å². The lowest BCUT2D eigenvalue weighted by Gasteiger charge is -2.33. The summed E-state index contributed by atoms with van der Waals surface area (Å²) in [4.78, 5) is 25.7. The van der Waals surface area contributed by atoms with Crippen LogP contribution in [-0.4, -0.2) is 37.1 Å². The van der Waals surface area contributed by atoms with Gasteiger partial charge in [0.1, 0.15) is 0 Å². The van der Waals surface area contributed by atoms with Gasteiger partial charge in [0.2, 0.25) is 5.91 Å². The molecule has 23 heavy (non-hydrogen) atoms. The van der Waals surface area contributed by atoms with E-state index in [1.165, 1.54) is 0 Å². The molecule has 1 unspecified atom stereocenters. The highest BCUT2D eigenvalue weighted by molar-refractivity contribution is 5.98. The summed E-state index contributed by atoms with van der Waals surface area (Å²) in [6.07, 6.45) is 3.04. The van der Waals surface area contributed by atoms with E-state index in [-0.39, 0.29) is 24.3 Å². The van der Waals surface area contributed by atoms with Crippen LogP contribution in [0.4, 0.5) is 16.2 Å². The number of urea groups is 1. The van der Waals surface area contributed by atoms with Crippen molar-refractivity contribution < 1.29 is 9.59 Å². The molecule has 0 spiro atoms. The summed E-state index contributed by atoms with van der Waals surface area (Å²) in [6.45, 7) is 4.17. The van der Waals surface area contributed by atoms with Gasteiger partial charge in [0.15, 0.2) is 0 Å². The number of carbonyl (C=O) groups excluding carboxylic acids is 2. The first-order valence-electron chi connectivity index (χ1n) is 7.80. The molecule has 6 nitrogen and oxygen atoms in total. The molecule has 1 aromatic rings. The van der Waals surface area contributed by atoms with Crippen LogP contribution in [0.1, 0.15) is 26.2 Å². The normalized spacial score (nSPS) is 23.9. The zero-order valence-corrected chi connectivity index (χ0v) is 14.0. The summed E-state index contributed by atoms with van der Waals surface area (Å²) in [5, 5.41) is 9.04. The number of piperidine rings is 1. The number of nitrogens with one attached hydrogen (secondary N) is 3. The monoisotopic (exact) mass is 338 g/mol. The van der Waals surface area contributed by atoms with Gasteiger partial charge in [-0.3, -0.25) is 9.69 Å². The Morgan fingerprint density at radius 3 is 2.52 bits per heavy atom. The molecule has 0 aliphatic carbocycles. The Kier molecular flexibility index (Phi) is 5.49. The first-order chi connectivity index (χ1) is 10.6. The molecule has 2 heterocycles. The van der Waals surface area contributed by atoms with E-state index in [4.69, 9.17) is 0 Å². The van der Waals surface area contributed by atoms with Crippen LogP contribution in [0.15, 0.2) is 24.3 Å². The van der Waals surface area contributed by atoms with Crippen LogP contribution >= 0.6 is 12.4 Å². The Labute approximate surface area is 142 Å². The van der Waals surface area contributed by atoms with Crippen LogP contribution < -0.4 is 20.9 Å². The third-order valence-corrected chi connectivity index (χ3v) is 4.41. The van der Waals surface area contributed by atoms with E-state index < -0.39 is 5.54 Å². The molecule has 2 saturated heterocycles. The smallest absolute Gasteiger partial charge is 0.321 e. The summed E-state index contributed by atoms with van der Waals surface area (Å²) in [6, 6.07) is 7.32. The average molecular weight is 339 g/mol. The molecule has 2 aliphatic heterocycles. The summed E-state index contributed by atoms with van der Waals surface area (Å²) < 4.78 is 0. The molecule has 2 aliphatic rings. The first-order valence-corrected chi connectivity index (χ1v) is 7.80. The van der Waals surface area contributed by atoms with Gasteiger partial charge in [-0.2, -0.15) is 0 Å². The van der Waals surface area contributed by atoms with E-state index >= 15 is 0 Å². The van der Waals surface area contributed by atoms with Crippen molar-refractivity contribution in [2.45, 2.75) is 31.7 Å². The highest BCUT2D eigenvalue weighted by Gasteiger charge is 2.34. The largest absolute Gasteiger partial charge is 0.336 e. The van der Waals surface area contributed by atoms with Crippen LogP contribution in [0.3, 0.4) is 0 Å². The Balaban J connectivity index is 0.00000192. The highest BCUT2D eigenvalue weighted by Crippen LogP contribution is 2.23. The van der Waals surface area contributed by atoms with Gasteiger partial charge in [-0.05, 0) is 57.0 Å². The van der Waals surface area contributed by atoms with Crippen molar-refractivity contribution in [2.75, 3.05) is 29.9 Å². The molecule has 126 valence electrons. The van der Waals surface area contributed by atoms with Crippen LogP contribution in [-0.2, 0) is 4.79 Å². The molecule has 1 aromatic carbocycles. The van der Waals surface area contributed by atoms with Gasteiger partial charge < -0.3 is 16.0 Å². The predicted molar refractivity (Wildman–Crippen MR) is 93.3 cm³/mol. The lowest BCUT2D eigenvalue weighted by atomic mass is 9.90. The SMILES string of the molecule is CC1(C(=O)Nc2ccc(N3CCNC3=O)cc2)CCCCN1.Cl. The number of rotatable bonds is 3. The minimum atomic E-state index is -0.494. The number of anilines is 2. The van der Waals surface area contributed by atoms with Crippen LogP contribution in [0, 0.1) is 0 Å². The minimum absolute atomic E-state index is 0.